The van der Waals surface area contributed by atoms with Gasteiger partial charge in [-0.1, -0.05) is 5.16 Å². The lowest BCUT2D eigenvalue weighted by atomic mass is 10.0. The number of oxime groups is 1. The molecule has 2 aromatic heterocycles. The Morgan fingerprint density at radius 3 is 2.42 bits per heavy atom. The maximum atomic E-state index is 13.0. The Kier molecular flexibility index (Phi) is 7.48. The summed E-state index contributed by atoms with van der Waals surface area (Å²) < 4.78 is 32.0. The summed E-state index contributed by atoms with van der Waals surface area (Å²) in [6.07, 6.45) is 0.331. The molecule has 40 heavy (non-hydrogen) atoms. The van der Waals surface area contributed by atoms with Crippen molar-refractivity contribution in [3.63, 3.8) is 0 Å². The van der Waals surface area contributed by atoms with Crippen LogP contribution in [0.3, 0.4) is 0 Å². The number of amides is 3. The second-order valence-electron chi connectivity index (χ2n) is 7.97. The van der Waals surface area contributed by atoms with Crippen LogP contribution in [0.2, 0.25) is 0 Å². The predicted molar refractivity (Wildman–Crippen MR) is 133 cm³/mol. The highest BCUT2D eigenvalue weighted by Crippen LogP contribution is 2.29. The fourth-order valence-corrected chi connectivity index (χ4v) is 5.10. The number of carbonyl (C=O) groups excluding carboxylic acids is 3. The lowest BCUT2D eigenvalue weighted by molar-refractivity contribution is -0.143. The van der Waals surface area contributed by atoms with Gasteiger partial charge >= 0.3 is 16.3 Å². The SMILES string of the molecule is CC1C(NC(=O)C(=NOCc2nc3cc(O)c(O)cc3nc2C(=O)O)c2csc(NC=O)n2)C(=O)N1S(=O)(=O)O. The minimum Gasteiger partial charge on any atom is -0.504 e. The zero-order valence-electron chi connectivity index (χ0n) is 19.9. The number of aromatic nitrogens is 3. The Bertz CT molecular complexity index is 1690. The molecule has 3 aromatic rings. The minimum atomic E-state index is -4.85. The standard InChI is InChI=1S/C20H17N7O11S2/c1-7-14(18(32)27(7)40(35,36)37)25-17(31)15(11-5-39-20(24-11)21-6-28)26-38-4-10-16(19(33)34)23-9-3-13(30)12(29)2-8(9)22-10/h2-3,5-7,14,29-30H,4H2,1H3,(H,25,31)(H,33,34)(H,21,24,28)(H,35,36,37). The summed E-state index contributed by atoms with van der Waals surface area (Å²) >= 11 is 0.902. The number of phenols is 2. The number of anilines is 1. The van der Waals surface area contributed by atoms with Gasteiger partial charge in [0.25, 0.3) is 11.8 Å². The van der Waals surface area contributed by atoms with Gasteiger partial charge < -0.3 is 30.8 Å². The van der Waals surface area contributed by atoms with Crippen molar-refractivity contribution in [2.45, 2.75) is 25.6 Å². The Labute approximate surface area is 226 Å². The molecular formula is C20H17N7O11S2. The summed E-state index contributed by atoms with van der Waals surface area (Å²) in [6.45, 7) is 0.591. The number of thiazole rings is 1. The number of aromatic hydroxyl groups is 2. The van der Waals surface area contributed by atoms with Gasteiger partial charge in [-0.05, 0) is 6.92 Å². The number of carbonyl (C=O) groups is 4. The highest BCUT2D eigenvalue weighted by atomic mass is 32.2. The number of hydrogen-bond acceptors (Lipinski definition) is 14. The number of hydrogen-bond donors (Lipinski definition) is 6. The summed E-state index contributed by atoms with van der Waals surface area (Å²) in [5, 5.41) is 38.5. The average molecular weight is 596 g/mol. The van der Waals surface area contributed by atoms with Crippen LogP contribution in [-0.2, 0) is 36.1 Å². The molecule has 18 nitrogen and oxygen atoms in total. The van der Waals surface area contributed by atoms with Crippen LogP contribution in [0.4, 0.5) is 5.13 Å². The largest absolute Gasteiger partial charge is 0.504 e. The highest BCUT2D eigenvalue weighted by Gasteiger charge is 2.51. The Morgan fingerprint density at radius 1 is 1.20 bits per heavy atom. The van der Waals surface area contributed by atoms with E-state index in [1.165, 1.54) is 12.3 Å². The topological polar surface area (TPSA) is 271 Å². The molecule has 1 aromatic carbocycles. The van der Waals surface area contributed by atoms with Gasteiger partial charge in [0, 0.05) is 17.5 Å². The molecule has 1 aliphatic rings. The first-order valence-electron chi connectivity index (χ1n) is 10.7. The Morgan fingerprint density at radius 2 is 1.85 bits per heavy atom. The lowest BCUT2D eigenvalue weighted by Crippen LogP contribution is -2.71. The van der Waals surface area contributed by atoms with Crippen LogP contribution in [0.5, 0.6) is 11.5 Å². The van der Waals surface area contributed by atoms with Crippen molar-refractivity contribution in [1.82, 2.24) is 24.6 Å². The molecule has 4 rings (SSSR count). The van der Waals surface area contributed by atoms with Gasteiger partial charge in [0.2, 0.25) is 6.41 Å². The number of phenolic OH excluding ortho intramolecular Hbond substituents is 2. The molecule has 1 aliphatic heterocycles. The smallest absolute Gasteiger partial charge is 0.362 e. The van der Waals surface area contributed by atoms with Crippen LogP contribution in [-0.4, -0.2) is 89.5 Å². The Hall–Kier alpha value is -4.95. The molecule has 0 bridgehead atoms. The number of β-lactam (4-membered cyclic amide) rings is 1. The number of nitrogens with zero attached hydrogens (tertiary/aromatic N) is 5. The second kappa shape index (κ2) is 10.7. The van der Waals surface area contributed by atoms with Crippen molar-refractivity contribution >= 4 is 67.7 Å². The van der Waals surface area contributed by atoms with Crippen molar-refractivity contribution in [3.8, 4) is 11.5 Å². The van der Waals surface area contributed by atoms with Gasteiger partial charge in [-0.15, -0.1) is 11.3 Å². The second-order valence-corrected chi connectivity index (χ2v) is 10.1. The molecule has 1 fully saturated rings. The minimum absolute atomic E-state index is 0.00537. The van der Waals surface area contributed by atoms with Gasteiger partial charge in [0.1, 0.15) is 17.4 Å². The van der Waals surface area contributed by atoms with E-state index in [1.807, 2.05) is 0 Å². The van der Waals surface area contributed by atoms with E-state index in [-0.39, 0.29) is 31.9 Å². The number of carboxylic acid groups (broad SMARTS) is 1. The summed E-state index contributed by atoms with van der Waals surface area (Å²) in [5.74, 6) is -4.77. The first kappa shape index (κ1) is 28.1. The third kappa shape index (κ3) is 5.43. The third-order valence-corrected chi connectivity index (χ3v) is 7.19. The maximum Gasteiger partial charge on any atom is 0.362 e. The van der Waals surface area contributed by atoms with E-state index in [1.54, 1.807) is 0 Å². The van der Waals surface area contributed by atoms with Crippen molar-refractivity contribution < 1.29 is 52.3 Å². The van der Waals surface area contributed by atoms with Crippen molar-refractivity contribution in [2.75, 3.05) is 5.32 Å². The van der Waals surface area contributed by atoms with E-state index in [0.29, 0.717) is 6.41 Å². The molecule has 1 saturated heterocycles. The molecule has 0 spiro atoms. The van der Waals surface area contributed by atoms with E-state index in [2.05, 4.69) is 30.7 Å². The predicted octanol–water partition coefficient (Wildman–Crippen LogP) is -0.797. The molecule has 0 aliphatic carbocycles. The monoisotopic (exact) mass is 595 g/mol. The molecule has 3 heterocycles. The normalized spacial score (nSPS) is 17.3. The molecule has 210 valence electrons. The molecule has 3 amide bonds. The Balaban J connectivity index is 1.62. The van der Waals surface area contributed by atoms with Gasteiger partial charge in [-0.3, -0.25) is 18.9 Å². The van der Waals surface area contributed by atoms with E-state index < -0.39 is 69.7 Å². The number of rotatable bonds is 10. The summed E-state index contributed by atoms with van der Waals surface area (Å²) in [4.78, 5) is 64.8. The fraction of sp³-hybridized carbons (Fsp3) is 0.200. The molecule has 0 radical (unpaired) electrons. The fourth-order valence-electron chi connectivity index (χ4n) is 3.56. The zero-order valence-corrected chi connectivity index (χ0v) is 21.5. The zero-order chi connectivity index (χ0) is 29.4. The van der Waals surface area contributed by atoms with Gasteiger partial charge in [0.15, 0.2) is 34.6 Å². The van der Waals surface area contributed by atoms with E-state index in [0.717, 1.165) is 23.5 Å². The molecular weight excluding hydrogens is 578 g/mol. The van der Waals surface area contributed by atoms with Crippen molar-refractivity contribution in [2.24, 2.45) is 5.16 Å². The molecule has 6 N–H and O–H groups in total. The van der Waals surface area contributed by atoms with Crippen LogP contribution in [0.15, 0.2) is 22.7 Å². The summed E-state index contributed by atoms with van der Waals surface area (Å²) in [7, 11) is -4.85. The van der Waals surface area contributed by atoms with Gasteiger partial charge in [-0.2, -0.15) is 8.42 Å². The van der Waals surface area contributed by atoms with Gasteiger partial charge in [0.05, 0.1) is 17.1 Å². The average Bonchev–Trinajstić information content (AvgIpc) is 3.33. The number of carboxylic acids is 1. The highest BCUT2D eigenvalue weighted by molar-refractivity contribution is 7.84. The van der Waals surface area contributed by atoms with Crippen LogP contribution in [0, 0.1) is 0 Å². The van der Waals surface area contributed by atoms with E-state index in [4.69, 9.17) is 9.39 Å². The van der Waals surface area contributed by atoms with Crippen LogP contribution < -0.4 is 10.6 Å². The van der Waals surface area contributed by atoms with Crippen molar-refractivity contribution in [1.29, 1.82) is 0 Å². The number of benzene rings is 1. The molecule has 20 heteroatoms. The van der Waals surface area contributed by atoms with E-state index >= 15 is 0 Å². The maximum absolute atomic E-state index is 13.0. The first-order chi connectivity index (χ1) is 18.8. The number of aromatic carboxylic acids is 1. The first-order valence-corrected chi connectivity index (χ1v) is 13.0. The van der Waals surface area contributed by atoms with Crippen molar-refractivity contribution in [3.05, 3.63) is 34.6 Å². The van der Waals surface area contributed by atoms with Crippen LogP contribution in [0.1, 0.15) is 28.8 Å². The number of fused-ring (bicyclic) bond motifs is 1. The van der Waals surface area contributed by atoms with Gasteiger partial charge in [-0.25, -0.2) is 24.1 Å². The molecule has 0 saturated carbocycles. The van der Waals surface area contributed by atoms with Crippen LogP contribution >= 0.6 is 11.3 Å². The lowest BCUT2D eigenvalue weighted by Gasteiger charge is -2.42. The molecule has 2 atom stereocenters. The summed E-state index contributed by atoms with van der Waals surface area (Å²) in [5.41, 5.74) is -1.58. The van der Waals surface area contributed by atoms with Crippen LogP contribution in [0.25, 0.3) is 11.0 Å². The summed E-state index contributed by atoms with van der Waals surface area (Å²) in [6, 6.07) is -0.453. The number of nitrogens with one attached hydrogen (secondary N) is 2. The molecule has 2 unspecified atom stereocenters. The van der Waals surface area contributed by atoms with E-state index in [9.17, 15) is 42.9 Å². The quantitative estimate of drug-likeness (QED) is 0.0418. The third-order valence-electron chi connectivity index (χ3n) is 5.41.